The van der Waals surface area contributed by atoms with E-state index in [1.807, 2.05) is 17.7 Å². The normalized spacial score (nSPS) is 12.7. The molecule has 2 rings (SSSR count). The summed E-state index contributed by atoms with van der Waals surface area (Å²) in [5, 5.41) is 4.90. The molecule has 0 bridgehead atoms. The molecule has 1 aromatic heterocycles. The standard InChI is InChI=1S/C14H19ClN4/c1-4-19-14(12(15)8-17-19)13(18-16)11-7-5-6-9(2)10(11)3/h5-8,13,18H,4,16H2,1-3H3. The molecule has 0 aliphatic heterocycles. The van der Waals surface area contributed by atoms with Gasteiger partial charge in [0.2, 0.25) is 0 Å². The highest BCUT2D eigenvalue weighted by Gasteiger charge is 2.22. The van der Waals surface area contributed by atoms with Crippen LogP contribution in [0.3, 0.4) is 0 Å². The number of hydrazine groups is 1. The molecular weight excluding hydrogens is 260 g/mol. The van der Waals surface area contributed by atoms with Crippen LogP contribution in [0.25, 0.3) is 0 Å². The van der Waals surface area contributed by atoms with Crippen LogP contribution in [-0.4, -0.2) is 9.78 Å². The van der Waals surface area contributed by atoms with Crippen molar-refractivity contribution >= 4 is 11.6 Å². The fourth-order valence-corrected chi connectivity index (χ4v) is 2.56. The Kier molecular flexibility index (Phi) is 4.24. The summed E-state index contributed by atoms with van der Waals surface area (Å²) in [6.07, 6.45) is 1.66. The van der Waals surface area contributed by atoms with E-state index in [2.05, 4.69) is 36.5 Å². The molecule has 1 atom stereocenters. The average molecular weight is 279 g/mol. The number of halogens is 1. The highest BCUT2D eigenvalue weighted by molar-refractivity contribution is 6.31. The molecule has 0 aliphatic carbocycles. The zero-order valence-electron chi connectivity index (χ0n) is 11.4. The van der Waals surface area contributed by atoms with Gasteiger partial charge in [0.15, 0.2) is 0 Å². The highest BCUT2D eigenvalue weighted by Crippen LogP contribution is 2.30. The van der Waals surface area contributed by atoms with E-state index in [0.29, 0.717) is 5.02 Å². The van der Waals surface area contributed by atoms with E-state index >= 15 is 0 Å². The Bertz CT molecular complexity index is 577. The van der Waals surface area contributed by atoms with Gasteiger partial charge in [-0.2, -0.15) is 5.10 Å². The lowest BCUT2D eigenvalue weighted by Gasteiger charge is -2.21. The van der Waals surface area contributed by atoms with Gasteiger partial charge in [0.05, 0.1) is 23.0 Å². The number of nitrogens with two attached hydrogens (primary N) is 1. The van der Waals surface area contributed by atoms with E-state index in [9.17, 15) is 0 Å². The second kappa shape index (κ2) is 5.74. The minimum Gasteiger partial charge on any atom is -0.271 e. The molecule has 0 spiro atoms. The Labute approximate surface area is 118 Å². The first-order chi connectivity index (χ1) is 9.10. The van der Waals surface area contributed by atoms with Gasteiger partial charge in [0.1, 0.15) is 0 Å². The Hall–Kier alpha value is -1.36. The summed E-state index contributed by atoms with van der Waals surface area (Å²) < 4.78 is 1.87. The monoisotopic (exact) mass is 278 g/mol. The Balaban J connectivity index is 2.56. The Morgan fingerprint density at radius 3 is 2.79 bits per heavy atom. The highest BCUT2D eigenvalue weighted by atomic mass is 35.5. The predicted molar refractivity (Wildman–Crippen MR) is 78.0 cm³/mol. The number of hydrogen-bond acceptors (Lipinski definition) is 3. The summed E-state index contributed by atoms with van der Waals surface area (Å²) >= 11 is 6.26. The van der Waals surface area contributed by atoms with Gasteiger partial charge < -0.3 is 0 Å². The Morgan fingerprint density at radius 2 is 2.16 bits per heavy atom. The number of hydrogen-bond donors (Lipinski definition) is 2. The van der Waals surface area contributed by atoms with Crippen molar-refractivity contribution in [2.24, 2.45) is 5.84 Å². The Morgan fingerprint density at radius 1 is 1.42 bits per heavy atom. The fraction of sp³-hybridized carbons (Fsp3) is 0.357. The van der Waals surface area contributed by atoms with Crippen molar-refractivity contribution in [1.29, 1.82) is 0 Å². The number of nitrogens with one attached hydrogen (secondary N) is 1. The number of aromatic nitrogens is 2. The topological polar surface area (TPSA) is 55.9 Å². The quantitative estimate of drug-likeness (QED) is 0.668. The van der Waals surface area contributed by atoms with Gasteiger partial charge >= 0.3 is 0 Å². The molecule has 0 fully saturated rings. The van der Waals surface area contributed by atoms with Crippen LogP contribution in [-0.2, 0) is 6.54 Å². The van der Waals surface area contributed by atoms with Crippen molar-refractivity contribution < 1.29 is 0 Å². The van der Waals surface area contributed by atoms with Crippen LogP contribution >= 0.6 is 11.6 Å². The minimum atomic E-state index is -0.158. The van der Waals surface area contributed by atoms with Crippen LogP contribution in [0, 0.1) is 13.8 Å². The van der Waals surface area contributed by atoms with E-state index in [0.717, 1.165) is 17.8 Å². The summed E-state index contributed by atoms with van der Waals surface area (Å²) in [4.78, 5) is 0. The zero-order chi connectivity index (χ0) is 14.0. The van der Waals surface area contributed by atoms with E-state index in [-0.39, 0.29) is 6.04 Å². The van der Waals surface area contributed by atoms with Crippen LogP contribution in [0.2, 0.25) is 5.02 Å². The lowest BCUT2D eigenvalue weighted by Crippen LogP contribution is -2.31. The molecular formula is C14H19ClN4. The maximum atomic E-state index is 6.26. The van der Waals surface area contributed by atoms with Crippen molar-refractivity contribution in [3.8, 4) is 0 Å². The van der Waals surface area contributed by atoms with Crippen molar-refractivity contribution in [1.82, 2.24) is 15.2 Å². The van der Waals surface area contributed by atoms with Crippen molar-refractivity contribution in [3.05, 3.63) is 51.8 Å². The van der Waals surface area contributed by atoms with E-state index in [1.54, 1.807) is 6.20 Å². The molecule has 102 valence electrons. The van der Waals surface area contributed by atoms with Gasteiger partial charge in [0, 0.05) is 6.54 Å². The zero-order valence-corrected chi connectivity index (χ0v) is 12.2. The largest absolute Gasteiger partial charge is 0.271 e. The van der Waals surface area contributed by atoms with Gasteiger partial charge in [0.25, 0.3) is 0 Å². The lowest BCUT2D eigenvalue weighted by molar-refractivity contribution is 0.542. The second-order valence-electron chi connectivity index (χ2n) is 4.58. The maximum Gasteiger partial charge on any atom is 0.0896 e. The molecule has 0 saturated heterocycles. The summed E-state index contributed by atoms with van der Waals surface area (Å²) in [6, 6.07) is 6.03. The first kappa shape index (κ1) is 14.1. The smallest absolute Gasteiger partial charge is 0.0896 e. The third-order valence-electron chi connectivity index (χ3n) is 3.53. The molecule has 1 aromatic carbocycles. The minimum absolute atomic E-state index is 0.158. The van der Waals surface area contributed by atoms with Gasteiger partial charge in [-0.05, 0) is 37.5 Å². The van der Waals surface area contributed by atoms with Gasteiger partial charge in [-0.3, -0.25) is 10.5 Å². The van der Waals surface area contributed by atoms with E-state index < -0.39 is 0 Å². The molecule has 3 N–H and O–H groups in total. The van der Waals surface area contributed by atoms with Gasteiger partial charge in [-0.25, -0.2) is 5.43 Å². The van der Waals surface area contributed by atoms with Crippen molar-refractivity contribution in [2.75, 3.05) is 0 Å². The number of nitrogens with zero attached hydrogens (tertiary/aromatic N) is 2. The van der Waals surface area contributed by atoms with Crippen LogP contribution in [0.4, 0.5) is 0 Å². The molecule has 0 saturated carbocycles. The van der Waals surface area contributed by atoms with Crippen molar-refractivity contribution in [2.45, 2.75) is 33.4 Å². The fourth-order valence-electron chi connectivity index (χ4n) is 2.31. The second-order valence-corrected chi connectivity index (χ2v) is 4.99. The van der Waals surface area contributed by atoms with Crippen LogP contribution < -0.4 is 11.3 Å². The van der Waals surface area contributed by atoms with Crippen LogP contribution in [0.5, 0.6) is 0 Å². The number of rotatable bonds is 4. The number of aryl methyl sites for hydroxylation is 2. The molecule has 2 aromatic rings. The summed E-state index contributed by atoms with van der Waals surface area (Å²) in [7, 11) is 0. The molecule has 1 heterocycles. The molecule has 0 amide bonds. The van der Waals surface area contributed by atoms with Crippen LogP contribution in [0.15, 0.2) is 24.4 Å². The number of benzene rings is 1. The summed E-state index contributed by atoms with van der Waals surface area (Å²) in [5.74, 6) is 5.76. The molecule has 19 heavy (non-hydrogen) atoms. The molecule has 0 aliphatic rings. The first-order valence-electron chi connectivity index (χ1n) is 6.33. The maximum absolute atomic E-state index is 6.26. The van der Waals surface area contributed by atoms with Crippen molar-refractivity contribution in [3.63, 3.8) is 0 Å². The molecule has 4 nitrogen and oxygen atoms in total. The predicted octanol–water partition coefficient (Wildman–Crippen LogP) is 2.73. The van der Waals surface area contributed by atoms with Gasteiger partial charge in [-0.1, -0.05) is 29.8 Å². The molecule has 0 radical (unpaired) electrons. The first-order valence-corrected chi connectivity index (χ1v) is 6.71. The third-order valence-corrected chi connectivity index (χ3v) is 3.82. The lowest BCUT2D eigenvalue weighted by atomic mass is 9.96. The molecule has 5 heteroatoms. The average Bonchev–Trinajstić information content (AvgIpc) is 2.77. The third kappa shape index (κ3) is 2.52. The van der Waals surface area contributed by atoms with Crippen LogP contribution in [0.1, 0.15) is 35.3 Å². The van der Waals surface area contributed by atoms with E-state index in [4.69, 9.17) is 17.4 Å². The van der Waals surface area contributed by atoms with Gasteiger partial charge in [-0.15, -0.1) is 0 Å². The molecule has 1 unspecified atom stereocenters. The summed E-state index contributed by atoms with van der Waals surface area (Å²) in [6.45, 7) is 6.97. The SMILES string of the molecule is CCn1ncc(Cl)c1C(NN)c1cccc(C)c1C. The van der Waals surface area contributed by atoms with E-state index in [1.165, 1.54) is 11.1 Å². The summed E-state index contributed by atoms with van der Waals surface area (Å²) in [5.41, 5.74) is 7.33.